The first-order chi connectivity index (χ1) is 14.5. The van der Waals surface area contributed by atoms with Crippen LogP contribution in [-0.2, 0) is 20.7 Å². The van der Waals surface area contributed by atoms with E-state index in [4.69, 9.17) is 4.74 Å². The topological polar surface area (TPSA) is 84.8 Å². The van der Waals surface area contributed by atoms with E-state index in [2.05, 4.69) is 9.97 Å². The van der Waals surface area contributed by atoms with E-state index in [0.29, 0.717) is 23.4 Å². The Labute approximate surface area is 171 Å². The zero-order valence-electron chi connectivity index (χ0n) is 16.6. The molecule has 0 atom stereocenters. The van der Waals surface area contributed by atoms with Gasteiger partial charge in [-0.25, -0.2) is 4.79 Å². The molecule has 7 nitrogen and oxygen atoms in total. The molecular formula is C23H20N4O3. The molecule has 0 bridgehead atoms. The first kappa shape index (κ1) is 18.1. The van der Waals surface area contributed by atoms with Gasteiger partial charge in [-0.2, -0.15) is 0 Å². The number of nitrogens with zero attached hydrogens (tertiary/aromatic N) is 2. The summed E-state index contributed by atoms with van der Waals surface area (Å²) in [7, 11) is 3.44. The lowest BCUT2D eigenvalue weighted by Crippen LogP contribution is -2.16. The number of fused-ring (bicyclic) bond motifs is 2. The van der Waals surface area contributed by atoms with Crippen molar-refractivity contribution in [1.29, 1.82) is 0 Å². The van der Waals surface area contributed by atoms with Crippen molar-refractivity contribution in [1.82, 2.24) is 19.1 Å². The molecule has 2 N–H and O–H groups in total. The minimum absolute atomic E-state index is 0.0975. The van der Waals surface area contributed by atoms with Crippen LogP contribution in [0.4, 0.5) is 0 Å². The molecule has 0 radical (unpaired) electrons. The van der Waals surface area contributed by atoms with Crippen LogP contribution in [0.25, 0.3) is 33.1 Å². The Morgan fingerprint density at radius 1 is 0.933 bits per heavy atom. The lowest BCUT2D eigenvalue weighted by Gasteiger charge is -2.15. The van der Waals surface area contributed by atoms with Crippen molar-refractivity contribution >= 4 is 21.9 Å². The van der Waals surface area contributed by atoms with E-state index < -0.39 is 0 Å². The van der Waals surface area contributed by atoms with Gasteiger partial charge in [0.05, 0.1) is 5.52 Å². The standard InChI is InChI=1S/C23H20N4O3/c1-26-12-17(15-10-11-24-19(15)22(26)28)16-8-9-18-20(25-23(29)27(18)2)21(16)30-13-14-6-4-3-5-7-14/h3-12,24H,13H2,1-2H3,(H,25,29). The van der Waals surface area contributed by atoms with Crippen LogP contribution in [0.15, 0.2) is 70.5 Å². The summed E-state index contributed by atoms with van der Waals surface area (Å²) in [5.41, 5.74) is 4.29. The molecule has 7 heteroatoms. The second kappa shape index (κ2) is 6.81. The van der Waals surface area contributed by atoms with Crippen LogP contribution in [0.3, 0.4) is 0 Å². The van der Waals surface area contributed by atoms with Gasteiger partial charge in [-0.15, -0.1) is 0 Å². The number of benzene rings is 2. The lowest BCUT2D eigenvalue weighted by molar-refractivity contribution is 0.311. The fraction of sp³-hybridized carbons (Fsp3) is 0.130. The second-order valence-electron chi connectivity index (χ2n) is 7.32. The Morgan fingerprint density at radius 2 is 1.73 bits per heavy atom. The highest BCUT2D eigenvalue weighted by molar-refractivity contribution is 6.00. The van der Waals surface area contributed by atoms with Gasteiger partial charge in [0.2, 0.25) is 0 Å². The number of imidazole rings is 1. The van der Waals surface area contributed by atoms with Crippen molar-refractivity contribution in [3.8, 4) is 16.9 Å². The number of aromatic nitrogens is 4. The molecule has 0 saturated heterocycles. The zero-order valence-corrected chi connectivity index (χ0v) is 16.6. The summed E-state index contributed by atoms with van der Waals surface area (Å²) < 4.78 is 9.38. The fourth-order valence-corrected chi connectivity index (χ4v) is 3.85. The Bertz CT molecular complexity index is 1500. The largest absolute Gasteiger partial charge is 0.486 e. The van der Waals surface area contributed by atoms with Gasteiger partial charge in [0.25, 0.3) is 5.56 Å². The molecule has 5 rings (SSSR count). The van der Waals surface area contributed by atoms with Gasteiger partial charge >= 0.3 is 5.69 Å². The zero-order chi connectivity index (χ0) is 20.8. The first-order valence-corrected chi connectivity index (χ1v) is 9.60. The van der Waals surface area contributed by atoms with E-state index >= 15 is 0 Å². The van der Waals surface area contributed by atoms with E-state index in [9.17, 15) is 9.59 Å². The quantitative estimate of drug-likeness (QED) is 0.485. The van der Waals surface area contributed by atoms with Gasteiger partial charge in [0, 0.05) is 43.0 Å². The molecule has 0 amide bonds. The summed E-state index contributed by atoms with van der Waals surface area (Å²) in [5, 5.41) is 0.806. The highest BCUT2D eigenvalue weighted by Crippen LogP contribution is 2.38. The first-order valence-electron chi connectivity index (χ1n) is 9.60. The molecule has 0 unspecified atom stereocenters. The van der Waals surface area contributed by atoms with Crippen molar-refractivity contribution in [2.45, 2.75) is 6.61 Å². The molecule has 3 aromatic heterocycles. The number of aryl methyl sites for hydroxylation is 2. The monoisotopic (exact) mass is 400 g/mol. The number of ether oxygens (including phenoxy) is 1. The molecule has 0 aliphatic carbocycles. The van der Waals surface area contributed by atoms with Crippen LogP contribution in [0.5, 0.6) is 5.75 Å². The third kappa shape index (κ3) is 2.75. The van der Waals surface area contributed by atoms with Crippen LogP contribution in [0.1, 0.15) is 5.56 Å². The number of rotatable bonds is 4. The van der Waals surface area contributed by atoms with Crippen molar-refractivity contribution < 1.29 is 4.74 Å². The number of pyridine rings is 1. The average Bonchev–Trinajstić information content (AvgIpc) is 3.35. The minimum Gasteiger partial charge on any atom is -0.486 e. The van der Waals surface area contributed by atoms with Crippen molar-refractivity contribution in [3.63, 3.8) is 0 Å². The van der Waals surface area contributed by atoms with E-state index in [1.807, 2.05) is 48.5 Å². The summed E-state index contributed by atoms with van der Waals surface area (Å²) >= 11 is 0. The van der Waals surface area contributed by atoms with Crippen LogP contribution in [0.2, 0.25) is 0 Å². The molecule has 0 aliphatic heterocycles. The number of hydrogen-bond donors (Lipinski definition) is 2. The fourth-order valence-electron chi connectivity index (χ4n) is 3.85. The van der Waals surface area contributed by atoms with Crippen LogP contribution < -0.4 is 16.0 Å². The highest BCUT2D eigenvalue weighted by atomic mass is 16.5. The van der Waals surface area contributed by atoms with E-state index in [1.165, 1.54) is 0 Å². The summed E-state index contributed by atoms with van der Waals surface area (Å²) in [6.45, 7) is 0.353. The van der Waals surface area contributed by atoms with Crippen molar-refractivity contribution in [3.05, 3.63) is 87.3 Å². The molecular weight excluding hydrogens is 380 g/mol. The van der Waals surface area contributed by atoms with Gasteiger partial charge in [0.15, 0.2) is 5.75 Å². The van der Waals surface area contributed by atoms with Crippen molar-refractivity contribution in [2.24, 2.45) is 14.1 Å². The number of aromatic amines is 2. The summed E-state index contributed by atoms with van der Waals surface area (Å²) in [5.74, 6) is 0.579. The minimum atomic E-state index is -0.209. The molecule has 150 valence electrons. The Kier molecular flexibility index (Phi) is 4.10. The Morgan fingerprint density at radius 3 is 2.53 bits per heavy atom. The molecule has 2 aromatic carbocycles. The van der Waals surface area contributed by atoms with Crippen LogP contribution in [-0.4, -0.2) is 19.1 Å². The highest BCUT2D eigenvalue weighted by Gasteiger charge is 2.19. The predicted octanol–water partition coefficient (Wildman–Crippen LogP) is 3.29. The smallest absolute Gasteiger partial charge is 0.326 e. The number of hydrogen-bond acceptors (Lipinski definition) is 3. The predicted molar refractivity (Wildman–Crippen MR) is 117 cm³/mol. The maximum Gasteiger partial charge on any atom is 0.326 e. The third-order valence-corrected chi connectivity index (χ3v) is 5.44. The maximum absolute atomic E-state index is 12.5. The molecule has 0 aliphatic rings. The normalized spacial score (nSPS) is 11.4. The van der Waals surface area contributed by atoms with E-state index in [1.54, 1.807) is 35.6 Å². The Balaban J connectivity index is 1.76. The number of nitrogens with one attached hydrogen (secondary N) is 2. The van der Waals surface area contributed by atoms with Crippen LogP contribution >= 0.6 is 0 Å². The van der Waals surface area contributed by atoms with Gasteiger partial charge < -0.3 is 19.3 Å². The maximum atomic E-state index is 12.5. The average molecular weight is 400 g/mol. The SMILES string of the molecule is Cn1cc(-c2ccc3c([nH]c(=O)n3C)c2OCc2ccccc2)c2cc[nH]c2c1=O. The van der Waals surface area contributed by atoms with E-state index in [-0.39, 0.29) is 11.2 Å². The molecule has 5 aromatic rings. The van der Waals surface area contributed by atoms with Gasteiger partial charge in [0.1, 0.15) is 17.6 Å². The molecule has 0 saturated carbocycles. The summed E-state index contributed by atoms with van der Waals surface area (Å²) in [4.78, 5) is 30.7. The number of H-pyrrole nitrogens is 2. The molecule has 3 heterocycles. The van der Waals surface area contributed by atoms with Crippen molar-refractivity contribution in [2.75, 3.05) is 0 Å². The van der Waals surface area contributed by atoms with Gasteiger partial charge in [-0.3, -0.25) is 9.36 Å². The summed E-state index contributed by atoms with van der Waals surface area (Å²) in [6, 6.07) is 15.6. The summed E-state index contributed by atoms with van der Waals surface area (Å²) in [6.07, 6.45) is 3.55. The van der Waals surface area contributed by atoms with E-state index in [0.717, 1.165) is 27.6 Å². The molecule has 0 fully saturated rings. The van der Waals surface area contributed by atoms with Crippen LogP contribution in [0, 0.1) is 0 Å². The lowest BCUT2D eigenvalue weighted by atomic mass is 10.0. The third-order valence-electron chi connectivity index (χ3n) is 5.44. The van der Waals surface area contributed by atoms with Gasteiger partial charge in [-0.1, -0.05) is 30.3 Å². The van der Waals surface area contributed by atoms with Gasteiger partial charge in [-0.05, 0) is 23.8 Å². The second-order valence-corrected chi connectivity index (χ2v) is 7.32. The molecule has 30 heavy (non-hydrogen) atoms. The Hall–Kier alpha value is -4.00. The molecule has 0 spiro atoms.